The molecule has 0 heterocycles. The molecular weight excluding hydrogens is 314 g/mol. The number of guanidine groups is 1. The molecule has 2 rings (SSSR count). The standard InChI is InChI=1S/C19H37N5O/c1-3-20-19(23-14-13-21-18(25)16-10-11-16)22-12-7-15-24(2)17-8-5-4-6-9-17/h16-17H,3-15H2,1-2H3,(H,21,25)(H2,20,22,23). The third-order valence-electron chi connectivity index (χ3n) is 5.15. The summed E-state index contributed by atoms with van der Waals surface area (Å²) in [6, 6.07) is 0.777. The van der Waals surface area contributed by atoms with Gasteiger partial charge in [0.25, 0.3) is 0 Å². The van der Waals surface area contributed by atoms with Gasteiger partial charge in [0.1, 0.15) is 0 Å². The van der Waals surface area contributed by atoms with Crippen molar-refractivity contribution in [1.82, 2.24) is 20.9 Å². The average molecular weight is 352 g/mol. The Morgan fingerprint density at radius 3 is 2.44 bits per heavy atom. The van der Waals surface area contributed by atoms with Crippen LogP contribution in [-0.2, 0) is 4.79 Å². The van der Waals surface area contributed by atoms with Crippen LogP contribution in [0.2, 0.25) is 0 Å². The summed E-state index contributed by atoms with van der Waals surface area (Å²) in [5.41, 5.74) is 0. The summed E-state index contributed by atoms with van der Waals surface area (Å²) < 4.78 is 0. The molecular formula is C19H37N5O. The maximum atomic E-state index is 11.6. The molecule has 0 aromatic rings. The molecule has 2 fully saturated rings. The van der Waals surface area contributed by atoms with Crippen molar-refractivity contribution < 1.29 is 4.79 Å². The normalized spacial score (nSPS) is 19.1. The summed E-state index contributed by atoms with van der Waals surface area (Å²) in [5.74, 6) is 1.33. The molecule has 2 aliphatic carbocycles. The Bertz CT molecular complexity index is 416. The number of rotatable bonds is 10. The maximum absolute atomic E-state index is 11.6. The molecule has 25 heavy (non-hydrogen) atoms. The SMILES string of the molecule is CCNC(=NCCCN(C)C1CCCCC1)NCCNC(=O)C1CC1. The monoisotopic (exact) mass is 351 g/mol. The van der Waals surface area contributed by atoms with E-state index in [1.165, 1.54) is 32.1 Å². The summed E-state index contributed by atoms with van der Waals surface area (Å²) >= 11 is 0. The number of carbonyl (C=O) groups is 1. The van der Waals surface area contributed by atoms with Crippen LogP contribution in [0.4, 0.5) is 0 Å². The zero-order chi connectivity index (χ0) is 17.9. The van der Waals surface area contributed by atoms with Gasteiger partial charge in [-0.15, -0.1) is 0 Å². The highest BCUT2D eigenvalue weighted by atomic mass is 16.2. The first-order valence-electron chi connectivity index (χ1n) is 10.2. The lowest BCUT2D eigenvalue weighted by Gasteiger charge is -2.31. The number of carbonyl (C=O) groups excluding carboxylic acids is 1. The molecule has 0 bridgehead atoms. The lowest BCUT2D eigenvalue weighted by molar-refractivity contribution is -0.122. The van der Waals surface area contributed by atoms with Crippen molar-refractivity contribution in [2.24, 2.45) is 10.9 Å². The molecule has 2 aliphatic rings. The number of aliphatic imine (C=N–C) groups is 1. The average Bonchev–Trinajstić information content (AvgIpc) is 3.47. The molecule has 2 saturated carbocycles. The van der Waals surface area contributed by atoms with Crippen molar-refractivity contribution in [3.63, 3.8) is 0 Å². The van der Waals surface area contributed by atoms with Gasteiger partial charge in [-0.3, -0.25) is 9.79 Å². The van der Waals surface area contributed by atoms with Crippen LogP contribution in [0.5, 0.6) is 0 Å². The first-order valence-corrected chi connectivity index (χ1v) is 10.2. The van der Waals surface area contributed by atoms with E-state index >= 15 is 0 Å². The zero-order valence-corrected chi connectivity index (χ0v) is 16.1. The summed E-state index contributed by atoms with van der Waals surface area (Å²) in [7, 11) is 2.26. The number of nitrogens with zero attached hydrogens (tertiary/aromatic N) is 2. The Labute approximate surface area is 153 Å². The van der Waals surface area contributed by atoms with Gasteiger partial charge in [0, 0.05) is 38.1 Å². The second-order valence-corrected chi connectivity index (χ2v) is 7.38. The van der Waals surface area contributed by atoms with Crippen molar-refractivity contribution in [3.05, 3.63) is 0 Å². The molecule has 0 radical (unpaired) electrons. The van der Waals surface area contributed by atoms with Crippen LogP contribution in [0.3, 0.4) is 0 Å². The minimum atomic E-state index is 0.203. The van der Waals surface area contributed by atoms with Gasteiger partial charge < -0.3 is 20.9 Å². The second kappa shape index (κ2) is 11.3. The zero-order valence-electron chi connectivity index (χ0n) is 16.1. The van der Waals surface area contributed by atoms with Gasteiger partial charge in [0.05, 0.1) is 0 Å². The summed E-state index contributed by atoms with van der Waals surface area (Å²) in [6.07, 6.45) is 10.1. The van der Waals surface area contributed by atoms with Gasteiger partial charge in [-0.25, -0.2) is 0 Å². The van der Waals surface area contributed by atoms with Crippen LogP contribution >= 0.6 is 0 Å². The van der Waals surface area contributed by atoms with Crippen molar-refractivity contribution in [1.29, 1.82) is 0 Å². The minimum Gasteiger partial charge on any atom is -0.357 e. The van der Waals surface area contributed by atoms with Crippen molar-refractivity contribution in [2.45, 2.75) is 64.3 Å². The van der Waals surface area contributed by atoms with Crippen molar-refractivity contribution in [2.75, 3.05) is 39.8 Å². The van der Waals surface area contributed by atoms with Crippen LogP contribution in [0.15, 0.2) is 4.99 Å². The van der Waals surface area contributed by atoms with Gasteiger partial charge in [-0.05, 0) is 52.6 Å². The Kier molecular flexibility index (Phi) is 9.08. The molecule has 0 spiro atoms. The Hall–Kier alpha value is -1.30. The first-order chi connectivity index (χ1) is 12.2. The van der Waals surface area contributed by atoms with Crippen LogP contribution in [0.1, 0.15) is 58.3 Å². The Balaban J connectivity index is 1.58. The van der Waals surface area contributed by atoms with Gasteiger partial charge in [0.2, 0.25) is 5.91 Å². The number of amides is 1. The van der Waals surface area contributed by atoms with Crippen LogP contribution in [0, 0.1) is 5.92 Å². The summed E-state index contributed by atoms with van der Waals surface area (Å²) in [5, 5.41) is 9.54. The van der Waals surface area contributed by atoms with E-state index in [1.54, 1.807) is 0 Å². The molecule has 0 aromatic heterocycles. The fraction of sp³-hybridized carbons (Fsp3) is 0.895. The lowest BCUT2D eigenvalue weighted by atomic mass is 9.94. The minimum absolute atomic E-state index is 0.203. The number of hydrogen-bond acceptors (Lipinski definition) is 3. The van der Waals surface area contributed by atoms with E-state index < -0.39 is 0 Å². The Morgan fingerprint density at radius 2 is 1.76 bits per heavy atom. The highest BCUT2D eigenvalue weighted by Crippen LogP contribution is 2.28. The van der Waals surface area contributed by atoms with E-state index in [0.717, 1.165) is 50.9 Å². The molecule has 6 nitrogen and oxygen atoms in total. The molecule has 0 saturated heterocycles. The van der Waals surface area contributed by atoms with E-state index in [0.29, 0.717) is 13.1 Å². The van der Waals surface area contributed by atoms with Gasteiger partial charge in [-0.2, -0.15) is 0 Å². The van der Waals surface area contributed by atoms with Gasteiger partial charge in [0.15, 0.2) is 5.96 Å². The Morgan fingerprint density at radius 1 is 1.04 bits per heavy atom. The fourth-order valence-corrected chi connectivity index (χ4v) is 3.41. The van der Waals surface area contributed by atoms with E-state index in [-0.39, 0.29) is 11.8 Å². The quantitative estimate of drug-likeness (QED) is 0.318. The number of hydrogen-bond donors (Lipinski definition) is 3. The maximum Gasteiger partial charge on any atom is 0.223 e. The molecule has 3 N–H and O–H groups in total. The lowest BCUT2D eigenvalue weighted by Crippen LogP contribution is -2.42. The van der Waals surface area contributed by atoms with Crippen molar-refractivity contribution in [3.8, 4) is 0 Å². The van der Waals surface area contributed by atoms with Crippen molar-refractivity contribution >= 4 is 11.9 Å². The van der Waals surface area contributed by atoms with Gasteiger partial charge >= 0.3 is 0 Å². The molecule has 6 heteroatoms. The van der Waals surface area contributed by atoms with Crippen LogP contribution in [0.25, 0.3) is 0 Å². The van der Waals surface area contributed by atoms with E-state index in [9.17, 15) is 4.79 Å². The smallest absolute Gasteiger partial charge is 0.223 e. The molecule has 0 aliphatic heterocycles. The summed E-state index contributed by atoms with van der Waals surface area (Å²) in [4.78, 5) is 18.8. The molecule has 0 unspecified atom stereocenters. The van der Waals surface area contributed by atoms with E-state index in [1.807, 2.05) is 0 Å². The highest BCUT2D eigenvalue weighted by Gasteiger charge is 2.28. The van der Waals surface area contributed by atoms with Crippen LogP contribution in [-0.4, -0.2) is 62.6 Å². The molecule has 0 atom stereocenters. The molecule has 144 valence electrons. The first kappa shape index (κ1) is 20.0. The molecule has 0 aromatic carbocycles. The predicted molar refractivity (Wildman–Crippen MR) is 104 cm³/mol. The second-order valence-electron chi connectivity index (χ2n) is 7.38. The third kappa shape index (κ3) is 8.08. The third-order valence-corrected chi connectivity index (χ3v) is 5.15. The van der Waals surface area contributed by atoms with E-state index in [2.05, 4.69) is 39.8 Å². The fourth-order valence-electron chi connectivity index (χ4n) is 3.41. The van der Waals surface area contributed by atoms with Crippen LogP contribution < -0.4 is 16.0 Å². The largest absolute Gasteiger partial charge is 0.357 e. The summed E-state index contributed by atoms with van der Waals surface area (Å²) in [6.45, 7) is 6.24. The number of nitrogens with one attached hydrogen (secondary N) is 3. The molecule has 1 amide bonds. The predicted octanol–water partition coefficient (Wildman–Crippen LogP) is 1.72. The topological polar surface area (TPSA) is 68.8 Å². The van der Waals surface area contributed by atoms with E-state index in [4.69, 9.17) is 0 Å². The highest BCUT2D eigenvalue weighted by molar-refractivity contribution is 5.81. The van der Waals surface area contributed by atoms with Gasteiger partial charge in [-0.1, -0.05) is 19.3 Å².